The Labute approximate surface area is 79.8 Å². The van der Waals surface area contributed by atoms with Gasteiger partial charge in [-0.3, -0.25) is 0 Å². The van der Waals surface area contributed by atoms with Crippen LogP contribution in [0.4, 0.5) is 0 Å². The van der Waals surface area contributed by atoms with Crippen LogP contribution >= 0.6 is 0 Å². The topological polar surface area (TPSA) is 56.5 Å². The minimum atomic E-state index is 0.200. The SMILES string of the molecule is CO[C@@H]1COCC[C@@H]1NCCCN. The molecule has 0 radical (unpaired) electrons. The van der Waals surface area contributed by atoms with E-state index in [1.165, 1.54) is 0 Å². The summed E-state index contributed by atoms with van der Waals surface area (Å²) in [7, 11) is 1.73. The minimum Gasteiger partial charge on any atom is -0.379 e. The highest BCUT2D eigenvalue weighted by atomic mass is 16.5. The van der Waals surface area contributed by atoms with Crippen molar-refractivity contribution in [2.24, 2.45) is 5.73 Å². The van der Waals surface area contributed by atoms with Crippen molar-refractivity contribution in [2.75, 3.05) is 33.4 Å². The van der Waals surface area contributed by atoms with E-state index in [4.69, 9.17) is 15.2 Å². The lowest BCUT2D eigenvalue weighted by atomic mass is 10.1. The molecule has 0 aromatic heterocycles. The highest BCUT2D eigenvalue weighted by Crippen LogP contribution is 2.10. The van der Waals surface area contributed by atoms with Crippen molar-refractivity contribution in [3.63, 3.8) is 0 Å². The van der Waals surface area contributed by atoms with E-state index in [9.17, 15) is 0 Å². The van der Waals surface area contributed by atoms with Crippen molar-refractivity contribution in [2.45, 2.75) is 25.0 Å². The molecule has 2 atom stereocenters. The normalized spacial score (nSPS) is 29.1. The van der Waals surface area contributed by atoms with Gasteiger partial charge in [-0.05, 0) is 25.9 Å². The largest absolute Gasteiger partial charge is 0.379 e. The molecular weight excluding hydrogens is 168 g/mol. The third-order valence-electron chi connectivity index (χ3n) is 2.39. The lowest BCUT2D eigenvalue weighted by molar-refractivity contribution is -0.0496. The molecule has 13 heavy (non-hydrogen) atoms. The molecule has 4 nitrogen and oxygen atoms in total. The van der Waals surface area contributed by atoms with Crippen LogP contribution in [-0.2, 0) is 9.47 Å². The Kier molecular flexibility index (Phi) is 5.31. The molecule has 0 unspecified atom stereocenters. The summed E-state index contributed by atoms with van der Waals surface area (Å²) in [6.45, 7) is 3.26. The minimum absolute atomic E-state index is 0.200. The molecular formula is C9H20N2O2. The van der Waals surface area contributed by atoms with Crippen LogP contribution in [0.1, 0.15) is 12.8 Å². The molecule has 0 bridgehead atoms. The first kappa shape index (κ1) is 10.9. The average Bonchev–Trinajstić information content (AvgIpc) is 2.19. The fraction of sp³-hybridized carbons (Fsp3) is 1.00. The Hall–Kier alpha value is -0.160. The second kappa shape index (κ2) is 6.32. The lowest BCUT2D eigenvalue weighted by Gasteiger charge is -2.31. The van der Waals surface area contributed by atoms with E-state index < -0.39 is 0 Å². The lowest BCUT2D eigenvalue weighted by Crippen LogP contribution is -2.47. The van der Waals surface area contributed by atoms with Crippen LogP contribution in [0.5, 0.6) is 0 Å². The zero-order valence-corrected chi connectivity index (χ0v) is 8.29. The summed E-state index contributed by atoms with van der Waals surface area (Å²) in [4.78, 5) is 0. The van der Waals surface area contributed by atoms with Gasteiger partial charge in [-0.2, -0.15) is 0 Å². The standard InChI is InChI=1S/C9H20N2O2/c1-12-9-7-13-6-3-8(9)11-5-2-4-10/h8-9,11H,2-7,10H2,1H3/t8-,9+/m0/s1. The van der Waals surface area contributed by atoms with Crippen LogP contribution < -0.4 is 11.1 Å². The van der Waals surface area contributed by atoms with Gasteiger partial charge in [-0.15, -0.1) is 0 Å². The second-order valence-electron chi connectivity index (χ2n) is 3.34. The Bertz CT molecular complexity index is 133. The Morgan fingerprint density at radius 3 is 3.15 bits per heavy atom. The van der Waals surface area contributed by atoms with Crippen molar-refractivity contribution in [3.8, 4) is 0 Å². The molecule has 1 fully saturated rings. The van der Waals surface area contributed by atoms with Crippen LogP contribution in [0.2, 0.25) is 0 Å². The van der Waals surface area contributed by atoms with E-state index >= 15 is 0 Å². The molecule has 0 aliphatic carbocycles. The van der Waals surface area contributed by atoms with Gasteiger partial charge in [-0.1, -0.05) is 0 Å². The highest BCUT2D eigenvalue weighted by Gasteiger charge is 2.24. The third kappa shape index (κ3) is 3.60. The van der Waals surface area contributed by atoms with Gasteiger partial charge >= 0.3 is 0 Å². The van der Waals surface area contributed by atoms with Crippen LogP contribution in [0, 0.1) is 0 Å². The molecule has 3 N–H and O–H groups in total. The molecule has 1 aliphatic heterocycles. The fourth-order valence-electron chi connectivity index (χ4n) is 1.57. The highest BCUT2D eigenvalue weighted by molar-refractivity contribution is 4.80. The maximum absolute atomic E-state index is 5.42. The molecule has 0 aromatic rings. The van der Waals surface area contributed by atoms with E-state index in [1.54, 1.807) is 7.11 Å². The molecule has 78 valence electrons. The van der Waals surface area contributed by atoms with E-state index in [0.717, 1.165) is 32.5 Å². The van der Waals surface area contributed by atoms with E-state index in [2.05, 4.69) is 5.32 Å². The quantitative estimate of drug-likeness (QED) is 0.583. The van der Waals surface area contributed by atoms with Gasteiger partial charge in [0.1, 0.15) is 0 Å². The van der Waals surface area contributed by atoms with Crippen molar-refractivity contribution < 1.29 is 9.47 Å². The number of nitrogens with two attached hydrogens (primary N) is 1. The summed E-state index contributed by atoms with van der Waals surface area (Å²) >= 11 is 0. The molecule has 1 aliphatic rings. The van der Waals surface area contributed by atoms with Crippen molar-refractivity contribution >= 4 is 0 Å². The molecule has 0 amide bonds. The smallest absolute Gasteiger partial charge is 0.0957 e. The Morgan fingerprint density at radius 2 is 2.46 bits per heavy atom. The number of rotatable bonds is 5. The molecule has 1 heterocycles. The van der Waals surface area contributed by atoms with Gasteiger partial charge in [0.2, 0.25) is 0 Å². The zero-order chi connectivity index (χ0) is 9.52. The maximum atomic E-state index is 5.42. The molecule has 1 saturated heterocycles. The summed E-state index contributed by atoms with van der Waals surface area (Å²) in [5, 5.41) is 3.44. The summed E-state index contributed by atoms with van der Waals surface area (Å²) < 4.78 is 10.6. The number of nitrogens with one attached hydrogen (secondary N) is 1. The van der Waals surface area contributed by atoms with Crippen LogP contribution in [0.15, 0.2) is 0 Å². The van der Waals surface area contributed by atoms with Gasteiger partial charge in [0, 0.05) is 19.8 Å². The number of hydrogen-bond acceptors (Lipinski definition) is 4. The average molecular weight is 188 g/mol. The predicted molar refractivity (Wildman–Crippen MR) is 51.7 cm³/mol. The fourth-order valence-corrected chi connectivity index (χ4v) is 1.57. The summed E-state index contributed by atoms with van der Waals surface area (Å²) in [6.07, 6.45) is 2.25. The molecule has 1 rings (SSSR count). The Morgan fingerprint density at radius 1 is 1.62 bits per heavy atom. The van der Waals surface area contributed by atoms with Gasteiger partial charge in [0.15, 0.2) is 0 Å². The van der Waals surface area contributed by atoms with Gasteiger partial charge < -0.3 is 20.5 Å². The Balaban J connectivity index is 2.19. The molecule has 0 aromatic carbocycles. The summed E-state index contributed by atoms with van der Waals surface area (Å²) in [5.41, 5.74) is 5.42. The second-order valence-corrected chi connectivity index (χ2v) is 3.34. The first-order valence-corrected chi connectivity index (χ1v) is 4.92. The van der Waals surface area contributed by atoms with Crippen LogP contribution in [0.3, 0.4) is 0 Å². The summed E-state index contributed by atoms with van der Waals surface area (Å²) in [5.74, 6) is 0. The molecule has 0 spiro atoms. The number of methoxy groups -OCH3 is 1. The van der Waals surface area contributed by atoms with E-state index in [0.29, 0.717) is 12.6 Å². The predicted octanol–water partition coefficient (Wildman–Crippen LogP) is -0.271. The third-order valence-corrected chi connectivity index (χ3v) is 2.39. The van der Waals surface area contributed by atoms with Crippen LogP contribution in [-0.4, -0.2) is 45.6 Å². The van der Waals surface area contributed by atoms with Crippen molar-refractivity contribution in [3.05, 3.63) is 0 Å². The number of ether oxygens (including phenoxy) is 2. The van der Waals surface area contributed by atoms with Gasteiger partial charge in [0.25, 0.3) is 0 Å². The van der Waals surface area contributed by atoms with Gasteiger partial charge in [0.05, 0.1) is 12.7 Å². The monoisotopic (exact) mass is 188 g/mol. The molecule has 4 heteroatoms. The number of hydrogen-bond donors (Lipinski definition) is 2. The maximum Gasteiger partial charge on any atom is 0.0957 e. The van der Waals surface area contributed by atoms with Crippen molar-refractivity contribution in [1.82, 2.24) is 5.32 Å². The zero-order valence-electron chi connectivity index (χ0n) is 8.29. The summed E-state index contributed by atoms with van der Waals surface area (Å²) in [6, 6.07) is 0.435. The van der Waals surface area contributed by atoms with E-state index in [-0.39, 0.29) is 6.10 Å². The first-order chi connectivity index (χ1) is 6.38. The van der Waals surface area contributed by atoms with Crippen molar-refractivity contribution in [1.29, 1.82) is 0 Å². The first-order valence-electron chi connectivity index (χ1n) is 4.92. The van der Waals surface area contributed by atoms with Gasteiger partial charge in [-0.25, -0.2) is 0 Å². The molecule has 0 saturated carbocycles. The van der Waals surface area contributed by atoms with Crippen LogP contribution in [0.25, 0.3) is 0 Å². The van der Waals surface area contributed by atoms with E-state index in [1.807, 2.05) is 0 Å².